The van der Waals surface area contributed by atoms with E-state index < -0.39 is 0 Å². The maximum absolute atomic E-state index is 3.95. The highest BCUT2D eigenvalue weighted by molar-refractivity contribution is 5.25. The van der Waals surface area contributed by atoms with E-state index in [9.17, 15) is 0 Å². The maximum atomic E-state index is 3.95. The molecule has 21 heavy (non-hydrogen) atoms. The molecule has 2 aliphatic rings. The molecule has 3 rings (SSSR count). The van der Waals surface area contributed by atoms with Gasteiger partial charge in [0.25, 0.3) is 0 Å². The van der Waals surface area contributed by atoms with E-state index in [4.69, 9.17) is 0 Å². The van der Waals surface area contributed by atoms with Crippen LogP contribution in [-0.4, -0.2) is 30.1 Å². The van der Waals surface area contributed by atoms with Crippen molar-refractivity contribution in [2.24, 2.45) is 0 Å². The summed E-state index contributed by atoms with van der Waals surface area (Å²) in [7, 11) is 0. The van der Waals surface area contributed by atoms with Crippen molar-refractivity contribution in [3.63, 3.8) is 0 Å². The minimum absolute atomic E-state index is 0.522. The number of nitrogens with one attached hydrogen (secondary N) is 1. The second kappa shape index (κ2) is 6.93. The van der Waals surface area contributed by atoms with E-state index in [1.807, 2.05) is 0 Å². The van der Waals surface area contributed by atoms with Crippen molar-refractivity contribution in [3.8, 4) is 0 Å². The standard InChI is InChI=1S/C19H30N2/c1-3-15-7-9-16(10-8-15)19(4-2)20-17-11-13-21-12-5-6-18(21)14-17/h7-10,17-20H,3-6,11-14H2,1-2H3. The zero-order valence-corrected chi connectivity index (χ0v) is 13.6. The Balaban J connectivity index is 1.61. The monoisotopic (exact) mass is 286 g/mol. The Hall–Kier alpha value is -0.860. The van der Waals surface area contributed by atoms with Gasteiger partial charge in [0, 0.05) is 18.1 Å². The van der Waals surface area contributed by atoms with Crippen molar-refractivity contribution in [1.29, 1.82) is 0 Å². The van der Waals surface area contributed by atoms with E-state index in [-0.39, 0.29) is 0 Å². The van der Waals surface area contributed by atoms with Crippen LogP contribution in [0.25, 0.3) is 0 Å². The third-order valence-electron chi connectivity index (χ3n) is 5.46. The summed E-state index contributed by atoms with van der Waals surface area (Å²) in [5, 5.41) is 3.95. The molecular weight excluding hydrogens is 256 g/mol. The quantitative estimate of drug-likeness (QED) is 0.882. The zero-order valence-electron chi connectivity index (χ0n) is 13.6. The minimum atomic E-state index is 0.522. The molecule has 2 heteroatoms. The Bertz CT molecular complexity index is 439. The first-order valence-electron chi connectivity index (χ1n) is 8.89. The van der Waals surface area contributed by atoms with Gasteiger partial charge in [0.1, 0.15) is 0 Å². The van der Waals surface area contributed by atoms with Crippen LogP contribution in [0.3, 0.4) is 0 Å². The van der Waals surface area contributed by atoms with Crippen LogP contribution < -0.4 is 5.32 Å². The molecule has 116 valence electrons. The van der Waals surface area contributed by atoms with E-state index in [1.165, 1.54) is 56.3 Å². The fourth-order valence-corrected chi connectivity index (χ4v) is 4.10. The third kappa shape index (κ3) is 3.49. The van der Waals surface area contributed by atoms with Crippen LogP contribution in [0, 0.1) is 0 Å². The van der Waals surface area contributed by atoms with Gasteiger partial charge in [-0.1, -0.05) is 38.1 Å². The highest BCUT2D eigenvalue weighted by Crippen LogP contribution is 2.29. The normalized spacial score (nSPS) is 27.5. The summed E-state index contributed by atoms with van der Waals surface area (Å²) in [6.07, 6.45) is 7.80. The van der Waals surface area contributed by atoms with Crippen molar-refractivity contribution >= 4 is 0 Å². The third-order valence-corrected chi connectivity index (χ3v) is 5.46. The first-order chi connectivity index (χ1) is 10.3. The lowest BCUT2D eigenvalue weighted by Gasteiger charge is -2.37. The van der Waals surface area contributed by atoms with E-state index >= 15 is 0 Å². The summed E-state index contributed by atoms with van der Waals surface area (Å²) >= 11 is 0. The first-order valence-corrected chi connectivity index (χ1v) is 8.89. The van der Waals surface area contributed by atoms with E-state index in [0.29, 0.717) is 12.1 Å². The Kier molecular flexibility index (Phi) is 4.97. The molecule has 0 spiro atoms. The van der Waals surface area contributed by atoms with Crippen LogP contribution in [0.1, 0.15) is 63.1 Å². The molecule has 0 aromatic heterocycles. The molecule has 0 saturated carbocycles. The molecule has 0 bridgehead atoms. The second-order valence-electron chi connectivity index (χ2n) is 6.78. The average molecular weight is 286 g/mol. The fraction of sp³-hybridized carbons (Fsp3) is 0.684. The number of aryl methyl sites for hydroxylation is 1. The number of rotatable bonds is 5. The zero-order chi connectivity index (χ0) is 14.7. The number of benzene rings is 1. The molecule has 0 radical (unpaired) electrons. The molecule has 2 aliphatic heterocycles. The summed E-state index contributed by atoms with van der Waals surface area (Å²) in [6, 6.07) is 11.3. The van der Waals surface area contributed by atoms with Crippen molar-refractivity contribution < 1.29 is 0 Å². The number of nitrogens with zero attached hydrogens (tertiary/aromatic N) is 1. The summed E-state index contributed by atoms with van der Waals surface area (Å²) < 4.78 is 0. The van der Waals surface area contributed by atoms with Gasteiger partial charge >= 0.3 is 0 Å². The maximum Gasteiger partial charge on any atom is 0.0320 e. The van der Waals surface area contributed by atoms with Gasteiger partial charge in [-0.15, -0.1) is 0 Å². The summed E-state index contributed by atoms with van der Waals surface area (Å²) in [4.78, 5) is 2.70. The lowest BCUT2D eigenvalue weighted by molar-refractivity contribution is 0.160. The van der Waals surface area contributed by atoms with Crippen LogP contribution in [0.4, 0.5) is 0 Å². The van der Waals surface area contributed by atoms with Gasteiger partial charge in [-0.2, -0.15) is 0 Å². The van der Waals surface area contributed by atoms with Gasteiger partial charge in [-0.05, 0) is 62.7 Å². The van der Waals surface area contributed by atoms with Gasteiger partial charge in [-0.25, -0.2) is 0 Å². The largest absolute Gasteiger partial charge is 0.307 e. The minimum Gasteiger partial charge on any atom is -0.307 e. The van der Waals surface area contributed by atoms with Gasteiger partial charge < -0.3 is 10.2 Å². The van der Waals surface area contributed by atoms with Crippen LogP contribution in [-0.2, 0) is 6.42 Å². The molecule has 0 aliphatic carbocycles. The summed E-state index contributed by atoms with van der Waals surface area (Å²) in [6.45, 7) is 7.16. The molecular formula is C19H30N2. The Morgan fingerprint density at radius 2 is 1.95 bits per heavy atom. The van der Waals surface area contributed by atoms with Crippen LogP contribution >= 0.6 is 0 Å². The fourth-order valence-electron chi connectivity index (χ4n) is 4.10. The smallest absolute Gasteiger partial charge is 0.0320 e. The highest BCUT2D eigenvalue weighted by atomic mass is 15.2. The molecule has 3 unspecified atom stereocenters. The van der Waals surface area contributed by atoms with Crippen LogP contribution in [0.15, 0.2) is 24.3 Å². The first kappa shape index (κ1) is 15.1. The molecule has 2 heterocycles. The molecule has 2 fully saturated rings. The van der Waals surface area contributed by atoms with E-state index in [1.54, 1.807) is 0 Å². The Morgan fingerprint density at radius 3 is 2.67 bits per heavy atom. The molecule has 0 amide bonds. The Labute approximate surface area is 129 Å². The van der Waals surface area contributed by atoms with Gasteiger partial charge in [0.05, 0.1) is 0 Å². The molecule has 1 aromatic rings. The van der Waals surface area contributed by atoms with E-state index in [0.717, 1.165) is 12.5 Å². The lowest BCUT2D eigenvalue weighted by Crippen LogP contribution is -2.46. The van der Waals surface area contributed by atoms with E-state index in [2.05, 4.69) is 48.3 Å². The van der Waals surface area contributed by atoms with Crippen LogP contribution in [0.5, 0.6) is 0 Å². The summed E-state index contributed by atoms with van der Waals surface area (Å²) in [5.74, 6) is 0. The second-order valence-corrected chi connectivity index (χ2v) is 6.78. The predicted octanol–water partition coefficient (Wildman–Crippen LogP) is 3.92. The molecule has 2 nitrogen and oxygen atoms in total. The highest BCUT2D eigenvalue weighted by Gasteiger charge is 2.32. The van der Waals surface area contributed by atoms with Crippen molar-refractivity contribution in [1.82, 2.24) is 10.2 Å². The summed E-state index contributed by atoms with van der Waals surface area (Å²) in [5.41, 5.74) is 2.90. The average Bonchev–Trinajstić information content (AvgIpc) is 3.00. The Morgan fingerprint density at radius 1 is 1.14 bits per heavy atom. The SMILES string of the molecule is CCc1ccc(C(CC)NC2CCN3CCCC3C2)cc1. The van der Waals surface area contributed by atoms with Gasteiger partial charge in [0.15, 0.2) is 0 Å². The molecule has 2 saturated heterocycles. The number of fused-ring (bicyclic) bond motifs is 1. The van der Waals surface area contributed by atoms with Gasteiger partial charge in [0.2, 0.25) is 0 Å². The van der Waals surface area contributed by atoms with Gasteiger partial charge in [-0.3, -0.25) is 0 Å². The molecule has 1 N–H and O–H groups in total. The number of hydrogen-bond donors (Lipinski definition) is 1. The number of piperidine rings is 1. The van der Waals surface area contributed by atoms with Crippen molar-refractivity contribution in [2.75, 3.05) is 13.1 Å². The lowest BCUT2D eigenvalue weighted by atomic mass is 9.94. The van der Waals surface area contributed by atoms with Crippen molar-refractivity contribution in [3.05, 3.63) is 35.4 Å². The molecule has 1 aromatic carbocycles. The molecule has 3 atom stereocenters. The topological polar surface area (TPSA) is 15.3 Å². The predicted molar refractivity (Wildman–Crippen MR) is 89.6 cm³/mol. The number of hydrogen-bond acceptors (Lipinski definition) is 2. The van der Waals surface area contributed by atoms with Crippen molar-refractivity contribution in [2.45, 2.75) is 70.5 Å². The van der Waals surface area contributed by atoms with Crippen LogP contribution in [0.2, 0.25) is 0 Å².